The highest BCUT2D eigenvalue weighted by molar-refractivity contribution is 5.57. The normalized spacial score (nSPS) is 15.4. The van der Waals surface area contributed by atoms with Crippen LogP contribution in [0.1, 0.15) is 24.0 Å². The highest BCUT2D eigenvalue weighted by atomic mass is 16.5. The van der Waals surface area contributed by atoms with E-state index in [1.807, 2.05) is 78.9 Å². The van der Waals surface area contributed by atoms with E-state index in [4.69, 9.17) is 4.74 Å². The van der Waals surface area contributed by atoms with Crippen LogP contribution in [-0.2, 0) is 5.60 Å². The molecule has 143 valence electrons. The molecule has 0 atom stereocenters. The van der Waals surface area contributed by atoms with Crippen molar-refractivity contribution >= 4 is 5.69 Å². The quantitative estimate of drug-likeness (QED) is 0.708. The van der Waals surface area contributed by atoms with E-state index in [0.717, 1.165) is 48.5 Å². The average Bonchev–Trinajstić information content (AvgIpc) is 2.80. The Bertz CT molecular complexity index is 847. The van der Waals surface area contributed by atoms with E-state index in [1.54, 1.807) is 7.11 Å². The van der Waals surface area contributed by atoms with E-state index >= 15 is 0 Å². The molecule has 1 N–H and O–H groups in total. The van der Waals surface area contributed by atoms with Gasteiger partial charge in [-0.05, 0) is 36.0 Å². The van der Waals surface area contributed by atoms with Gasteiger partial charge in [0.2, 0.25) is 0 Å². The Kier molecular flexibility index (Phi) is 5.36. The first-order chi connectivity index (χ1) is 13.7. The molecule has 1 saturated heterocycles. The van der Waals surface area contributed by atoms with Crippen molar-refractivity contribution in [3.05, 3.63) is 96.1 Å². The molecular weight excluding hydrogens is 346 g/mol. The maximum absolute atomic E-state index is 12.0. The zero-order chi connectivity index (χ0) is 19.4. The van der Waals surface area contributed by atoms with Gasteiger partial charge in [-0.25, -0.2) is 0 Å². The fourth-order valence-corrected chi connectivity index (χ4v) is 4.37. The maximum atomic E-state index is 12.0. The van der Waals surface area contributed by atoms with Gasteiger partial charge in [-0.15, -0.1) is 0 Å². The molecule has 28 heavy (non-hydrogen) atoms. The minimum Gasteiger partial charge on any atom is -0.495 e. The number of nitrogens with zero attached hydrogens (tertiary/aromatic N) is 1. The van der Waals surface area contributed by atoms with Gasteiger partial charge in [-0.2, -0.15) is 0 Å². The number of rotatable bonds is 5. The van der Waals surface area contributed by atoms with Gasteiger partial charge in [0.1, 0.15) is 11.4 Å². The summed E-state index contributed by atoms with van der Waals surface area (Å²) in [6.45, 7) is 1.73. The van der Waals surface area contributed by atoms with Crippen LogP contribution in [0, 0.1) is 12.0 Å². The third-order valence-electron chi connectivity index (χ3n) is 5.85. The Morgan fingerprint density at radius 1 is 0.893 bits per heavy atom. The second-order valence-corrected chi connectivity index (χ2v) is 7.35. The molecular formula is C25H26NO2. The second-order valence-electron chi connectivity index (χ2n) is 7.35. The highest BCUT2D eigenvalue weighted by Gasteiger charge is 2.41. The molecule has 1 aliphatic heterocycles. The molecule has 0 aliphatic carbocycles. The van der Waals surface area contributed by atoms with Crippen molar-refractivity contribution in [2.75, 3.05) is 25.1 Å². The third-order valence-corrected chi connectivity index (χ3v) is 5.85. The largest absolute Gasteiger partial charge is 0.495 e. The van der Waals surface area contributed by atoms with Crippen LogP contribution in [0.2, 0.25) is 0 Å². The smallest absolute Gasteiger partial charge is 0.142 e. The summed E-state index contributed by atoms with van der Waals surface area (Å²) in [5.41, 5.74) is 1.94. The lowest BCUT2D eigenvalue weighted by Gasteiger charge is -2.43. The molecule has 3 aromatic carbocycles. The molecule has 0 saturated carbocycles. The number of piperidine rings is 1. The Hall–Kier alpha value is -2.78. The SMILES string of the molecule is COc1ccc[c]c1N1CCC(C(O)(c2ccccc2)c2ccccc2)CC1. The zero-order valence-electron chi connectivity index (χ0n) is 16.2. The van der Waals surface area contributed by atoms with Gasteiger partial charge >= 0.3 is 0 Å². The van der Waals surface area contributed by atoms with Crippen LogP contribution in [-0.4, -0.2) is 25.3 Å². The van der Waals surface area contributed by atoms with Crippen molar-refractivity contribution in [1.82, 2.24) is 0 Å². The molecule has 0 spiro atoms. The van der Waals surface area contributed by atoms with E-state index in [9.17, 15) is 5.11 Å². The number of benzene rings is 3. The Morgan fingerprint density at radius 3 is 2.00 bits per heavy atom. The first-order valence-corrected chi connectivity index (χ1v) is 9.86. The van der Waals surface area contributed by atoms with Crippen molar-refractivity contribution in [3.8, 4) is 5.75 Å². The van der Waals surface area contributed by atoms with Crippen LogP contribution in [0.4, 0.5) is 5.69 Å². The predicted molar refractivity (Wildman–Crippen MR) is 113 cm³/mol. The summed E-state index contributed by atoms with van der Waals surface area (Å²) in [5.74, 6) is 0.991. The van der Waals surface area contributed by atoms with Gasteiger partial charge in [0.25, 0.3) is 0 Å². The molecule has 0 aromatic heterocycles. The van der Waals surface area contributed by atoms with Gasteiger partial charge in [-0.1, -0.05) is 72.8 Å². The summed E-state index contributed by atoms with van der Waals surface area (Å²) in [6.07, 6.45) is 1.79. The summed E-state index contributed by atoms with van der Waals surface area (Å²) in [4.78, 5) is 2.31. The number of hydrogen-bond acceptors (Lipinski definition) is 3. The predicted octanol–water partition coefficient (Wildman–Crippen LogP) is 4.65. The van der Waals surface area contributed by atoms with Crippen LogP contribution in [0.3, 0.4) is 0 Å². The summed E-state index contributed by atoms with van der Waals surface area (Å²) in [5, 5.41) is 12.0. The minimum absolute atomic E-state index is 0.142. The van der Waals surface area contributed by atoms with E-state index in [2.05, 4.69) is 11.0 Å². The lowest BCUT2D eigenvalue weighted by molar-refractivity contribution is 0.00503. The van der Waals surface area contributed by atoms with E-state index < -0.39 is 5.60 Å². The second kappa shape index (κ2) is 8.07. The maximum Gasteiger partial charge on any atom is 0.142 e. The van der Waals surface area contributed by atoms with Crippen LogP contribution in [0.15, 0.2) is 78.9 Å². The molecule has 0 bridgehead atoms. The Balaban J connectivity index is 1.62. The van der Waals surface area contributed by atoms with Crippen molar-refractivity contribution in [2.24, 2.45) is 5.92 Å². The van der Waals surface area contributed by atoms with Gasteiger partial charge in [0, 0.05) is 19.2 Å². The number of para-hydroxylation sites is 1. The van der Waals surface area contributed by atoms with Crippen LogP contribution >= 0.6 is 0 Å². The highest BCUT2D eigenvalue weighted by Crippen LogP contribution is 2.43. The van der Waals surface area contributed by atoms with E-state index in [1.165, 1.54) is 0 Å². The van der Waals surface area contributed by atoms with Gasteiger partial charge < -0.3 is 14.7 Å². The van der Waals surface area contributed by atoms with Crippen molar-refractivity contribution in [2.45, 2.75) is 18.4 Å². The molecule has 1 aliphatic rings. The van der Waals surface area contributed by atoms with Crippen LogP contribution in [0.25, 0.3) is 0 Å². The number of hydrogen-bond donors (Lipinski definition) is 1. The molecule has 0 amide bonds. The van der Waals surface area contributed by atoms with Crippen molar-refractivity contribution in [1.29, 1.82) is 0 Å². The topological polar surface area (TPSA) is 32.7 Å². The molecule has 1 fully saturated rings. The monoisotopic (exact) mass is 372 g/mol. The number of aliphatic hydroxyl groups is 1. The molecule has 4 rings (SSSR count). The molecule has 0 unspecified atom stereocenters. The van der Waals surface area contributed by atoms with Gasteiger partial charge in [0.15, 0.2) is 0 Å². The van der Waals surface area contributed by atoms with Crippen molar-refractivity contribution < 1.29 is 9.84 Å². The van der Waals surface area contributed by atoms with Gasteiger partial charge in [-0.3, -0.25) is 0 Å². The first kappa shape index (κ1) is 18.6. The van der Waals surface area contributed by atoms with E-state index in [-0.39, 0.29) is 5.92 Å². The van der Waals surface area contributed by atoms with Crippen molar-refractivity contribution in [3.63, 3.8) is 0 Å². The molecule has 3 heteroatoms. The molecule has 3 aromatic rings. The Labute approximate surface area is 167 Å². The van der Waals surface area contributed by atoms with E-state index in [0.29, 0.717) is 0 Å². The molecule has 3 nitrogen and oxygen atoms in total. The number of ether oxygens (including phenoxy) is 1. The number of methoxy groups -OCH3 is 1. The third kappa shape index (κ3) is 3.38. The lowest BCUT2D eigenvalue weighted by Crippen LogP contribution is -2.44. The molecule has 1 radical (unpaired) electrons. The fourth-order valence-electron chi connectivity index (χ4n) is 4.37. The minimum atomic E-state index is -0.987. The summed E-state index contributed by atoms with van der Waals surface area (Å²) in [6, 6.07) is 29.3. The van der Waals surface area contributed by atoms with Crippen LogP contribution < -0.4 is 9.64 Å². The summed E-state index contributed by atoms with van der Waals surface area (Å²) in [7, 11) is 1.70. The van der Waals surface area contributed by atoms with Crippen LogP contribution in [0.5, 0.6) is 5.75 Å². The average molecular weight is 372 g/mol. The zero-order valence-corrected chi connectivity index (χ0v) is 16.2. The summed E-state index contributed by atoms with van der Waals surface area (Å²) >= 11 is 0. The Morgan fingerprint density at radius 2 is 1.46 bits per heavy atom. The standard InChI is InChI=1S/C25H26NO2/c1-28-24-15-9-8-14-23(24)26-18-16-22(17-19-26)25(27,20-10-4-2-5-11-20)21-12-6-3-7-13-21/h2-13,15,22,27H,16-19H2,1H3. The first-order valence-electron chi connectivity index (χ1n) is 9.86. The summed E-state index contributed by atoms with van der Waals surface area (Å²) < 4.78 is 5.51. The fraction of sp³-hybridized carbons (Fsp3) is 0.280. The lowest BCUT2D eigenvalue weighted by atomic mass is 9.72. The molecule has 1 heterocycles. The van der Waals surface area contributed by atoms with Gasteiger partial charge in [0.05, 0.1) is 12.8 Å². The number of anilines is 1.